The van der Waals surface area contributed by atoms with Crippen molar-refractivity contribution < 1.29 is 19.7 Å². The maximum Gasteiger partial charge on any atom is 0.323 e. The predicted octanol–water partition coefficient (Wildman–Crippen LogP) is 4.58. The Labute approximate surface area is 222 Å². The van der Waals surface area contributed by atoms with Gasteiger partial charge in [0, 0.05) is 40.6 Å². The zero-order valence-electron chi connectivity index (χ0n) is 19.2. The van der Waals surface area contributed by atoms with E-state index in [0.29, 0.717) is 33.1 Å². The SMILES string of the molecule is N#Cc1cncc(COc2cc(N[C@H]3CCc4c(Br)cccc43)c(Cl)cc2CNC(CO)C(=O)O)c1. The molecule has 1 aromatic heterocycles. The van der Waals surface area contributed by atoms with Crippen LogP contribution in [0.4, 0.5) is 5.69 Å². The summed E-state index contributed by atoms with van der Waals surface area (Å²) in [5.74, 6) is -0.666. The molecular weight excluding hydrogens is 548 g/mol. The summed E-state index contributed by atoms with van der Waals surface area (Å²) in [7, 11) is 0. The molecule has 0 bridgehead atoms. The minimum atomic E-state index is -1.16. The van der Waals surface area contributed by atoms with Crippen LogP contribution in [0.5, 0.6) is 5.75 Å². The fourth-order valence-corrected chi connectivity index (χ4v) is 5.00. The number of anilines is 1. The second-order valence-corrected chi connectivity index (χ2v) is 9.68. The van der Waals surface area contributed by atoms with E-state index in [4.69, 9.17) is 21.6 Å². The van der Waals surface area contributed by atoms with Crippen molar-refractivity contribution in [3.63, 3.8) is 0 Å². The number of pyridine rings is 1. The van der Waals surface area contributed by atoms with Crippen molar-refractivity contribution in [1.29, 1.82) is 5.26 Å². The normalized spacial score (nSPS) is 15.1. The highest BCUT2D eigenvalue weighted by Crippen LogP contribution is 2.40. The monoisotopic (exact) mass is 570 g/mol. The molecule has 3 aromatic rings. The molecule has 0 saturated heterocycles. The van der Waals surface area contributed by atoms with Gasteiger partial charge in [-0.1, -0.05) is 39.7 Å². The van der Waals surface area contributed by atoms with Crippen molar-refractivity contribution in [3.05, 3.63) is 86.1 Å². The van der Waals surface area contributed by atoms with Gasteiger partial charge in [-0.25, -0.2) is 0 Å². The Balaban J connectivity index is 1.60. The number of aliphatic hydroxyl groups is 1. The maximum atomic E-state index is 11.3. The standard InChI is InChI=1S/C26H24BrClN4O4/c27-20-3-1-2-19-18(20)4-5-22(19)32-23-8-25(36-14-16-6-15(9-29)10-30-11-16)17(7-21(23)28)12-31-24(13-33)26(34)35/h1-3,6-8,10-11,22,24,31-33H,4-5,12-14H2,(H,34,35)/t22-,24?/m0/s1. The fraction of sp³-hybridized carbons (Fsp3) is 0.269. The average molecular weight is 572 g/mol. The number of aromatic nitrogens is 1. The van der Waals surface area contributed by atoms with Crippen molar-refractivity contribution >= 4 is 39.2 Å². The highest BCUT2D eigenvalue weighted by molar-refractivity contribution is 9.10. The van der Waals surface area contributed by atoms with Crippen LogP contribution in [0.3, 0.4) is 0 Å². The Morgan fingerprint density at radius 2 is 2.17 bits per heavy atom. The number of aliphatic carboxylic acids is 1. The molecule has 36 heavy (non-hydrogen) atoms. The van der Waals surface area contributed by atoms with Gasteiger partial charge in [-0.2, -0.15) is 5.26 Å². The van der Waals surface area contributed by atoms with Crippen LogP contribution in [0.25, 0.3) is 0 Å². The van der Waals surface area contributed by atoms with E-state index in [2.05, 4.69) is 43.7 Å². The quantitative estimate of drug-likeness (QED) is 0.278. The molecule has 2 aromatic carbocycles. The van der Waals surface area contributed by atoms with E-state index in [0.717, 1.165) is 17.3 Å². The van der Waals surface area contributed by atoms with Gasteiger partial charge in [0.15, 0.2) is 0 Å². The van der Waals surface area contributed by atoms with Crippen molar-refractivity contribution in [2.24, 2.45) is 0 Å². The molecule has 0 saturated carbocycles. The van der Waals surface area contributed by atoms with E-state index in [-0.39, 0.29) is 19.2 Å². The summed E-state index contributed by atoms with van der Waals surface area (Å²) in [6, 6.07) is 12.4. The summed E-state index contributed by atoms with van der Waals surface area (Å²) >= 11 is 10.3. The van der Waals surface area contributed by atoms with Crippen LogP contribution in [-0.2, 0) is 24.4 Å². The zero-order valence-corrected chi connectivity index (χ0v) is 21.5. The van der Waals surface area contributed by atoms with E-state index < -0.39 is 18.6 Å². The van der Waals surface area contributed by atoms with Crippen molar-refractivity contribution in [2.75, 3.05) is 11.9 Å². The Bertz CT molecular complexity index is 1310. The Morgan fingerprint density at radius 3 is 2.92 bits per heavy atom. The van der Waals surface area contributed by atoms with E-state index in [9.17, 15) is 15.0 Å². The van der Waals surface area contributed by atoms with Crippen LogP contribution in [0.15, 0.2) is 53.3 Å². The van der Waals surface area contributed by atoms with Crippen molar-refractivity contribution in [1.82, 2.24) is 10.3 Å². The van der Waals surface area contributed by atoms with E-state index in [1.165, 1.54) is 17.3 Å². The number of nitrogens with zero attached hydrogens (tertiary/aromatic N) is 2. The first-order valence-corrected chi connectivity index (χ1v) is 12.5. The number of ether oxygens (including phenoxy) is 1. The van der Waals surface area contributed by atoms with E-state index in [1.807, 2.05) is 12.1 Å². The molecule has 2 atom stereocenters. The number of carbonyl (C=O) groups is 1. The van der Waals surface area contributed by atoms with Gasteiger partial charge in [0.1, 0.15) is 24.5 Å². The Morgan fingerprint density at radius 1 is 1.33 bits per heavy atom. The molecule has 0 fully saturated rings. The van der Waals surface area contributed by atoms with Crippen LogP contribution in [0.2, 0.25) is 5.02 Å². The molecule has 1 unspecified atom stereocenters. The summed E-state index contributed by atoms with van der Waals surface area (Å²) in [5, 5.41) is 34.6. The minimum Gasteiger partial charge on any atom is -0.488 e. The topological polar surface area (TPSA) is 128 Å². The molecule has 1 heterocycles. The lowest BCUT2D eigenvalue weighted by atomic mass is 10.1. The molecule has 0 spiro atoms. The van der Waals surface area contributed by atoms with Crippen molar-refractivity contribution in [3.8, 4) is 11.8 Å². The summed E-state index contributed by atoms with van der Waals surface area (Å²) in [4.78, 5) is 15.4. The lowest BCUT2D eigenvalue weighted by Crippen LogP contribution is -2.39. The molecule has 1 aliphatic carbocycles. The smallest absolute Gasteiger partial charge is 0.323 e. The van der Waals surface area contributed by atoms with E-state index in [1.54, 1.807) is 24.4 Å². The first kappa shape index (κ1) is 25.9. The third-order valence-electron chi connectivity index (χ3n) is 6.03. The van der Waals surface area contributed by atoms with Gasteiger partial charge in [-0.3, -0.25) is 15.1 Å². The highest BCUT2D eigenvalue weighted by Gasteiger charge is 2.25. The highest BCUT2D eigenvalue weighted by atomic mass is 79.9. The number of carboxylic acid groups (broad SMARTS) is 1. The second-order valence-electron chi connectivity index (χ2n) is 8.42. The Kier molecular flexibility index (Phi) is 8.44. The first-order valence-electron chi connectivity index (χ1n) is 11.3. The number of nitriles is 1. The van der Waals surface area contributed by atoms with Crippen LogP contribution in [0, 0.1) is 11.3 Å². The number of aliphatic hydroxyl groups excluding tert-OH is 1. The molecule has 8 nitrogen and oxygen atoms in total. The third kappa shape index (κ3) is 5.97. The lowest BCUT2D eigenvalue weighted by molar-refractivity contribution is -0.140. The molecule has 0 radical (unpaired) electrons. The maximum absolute atomic E-state index is 11.3. The van der Waals surface area contributed by atoms with Crippen molar-refractivity contribution in [2.45, 2.75) is 38.1 Å². The first-order chi connectivity index (χ1) is 17.4. The van der Waals surface area contributed by atoms with Gasteiger partial charge in [0.05, 0.1) is 28.9 Å². The number of halogens is 2. The summed E-state index contributed by atoms with van der Waals surface area (Å²) < 4.78 is 7.18. The number of hydrogen-bond donors (Lipinski definition) is 4. The zero-order chi connectivity index (χ0) is 25.7. The van der Waals surface area contributed by atoms with Gasteiger partial charge < -0.3 is 20.3 Å². The molecule has 4 rings (SSSR count). The molecule has 186 valence electrons. The summed E-state index contributed by atoms with van der Waals surface area (Å²) in [5.41, 5.74) is 4.94. The number of fused-ring (bicyclic) bond motifs is 1. The van der Waals surface area contributed by atoms with Gasteiger partial charge >= 0.3 is 5.97 Å². The van der Waals surface area contributed by atoms with Gasteiger partial charge in [0.2, 0.25) is 0 Å². The molecule has 10 heteroatoms. The number of nitrogens with one attached hydrogen (secondary N) is 2. The van der Waals surface area contributed by atoms with Gasteiger partial charge in [0.25, 0.3) is 0 Å². The van der Waals surface area contributed by atoms with Crippen LogP contribution < -0.4 is 15.4 Å². The van der Waals surface area contributed by atoms with E-state index >= 15 is 0 Å². The van der Waals surface area contributed by atoms with Crippen LogP contribution in [-0.4, -0.2) is 33.8 Å². The molecule has 1 aliphatic rings. The molecule has 0 amide bonds. The molecule has 0 aliphatic heterocycles. The molecule has 4 N–H and O–H groups in total. The number of hydrogen-bond acceptors (Lipinski definition) is 7. The fourth-order valence-electron chi connectivity index (χ4n) is 4.18. The number of rotatable bonds is 10. The van der Waals surface area contributed by atoms with Crippen LogP contribution >= 0.6 is 27.5 Å². The third-order valence-corrected chi connectivity index (χ3v) is 7.09. The average Bonchev–Trinajstić information content (AvgIpc) is 3.29. The number of carboxylic acids is 1. The Hall–Kier alpha value is -3.16. The largest absolute Gasteiger partial charge is 0.488 e. The predicted molar refractivity (Wildman–Crippen MR) is 139 cm³/mol. The van der Waals surface area contributed by atoms with Gasteiger partial charge in [-0.15, -0.1) is 0 Å². The summed E-state index contributed by atoms with van der Waals surface area (Å²) in [6.45, 7) is -0.289. The second kappa shape index (κ2) is 11.7. The minimum absolute atomic E-state index is 0.0779. The lowest BCUT2D eigenvalue weighted by Gasteiger charge is -2.21. The number of benzene rings is 2. The molecular formula is C26H24BrClN4O4. The van der Waals surface area contributed by atoms with Gasteiger partial charge in [-0.05, 0) is 42.2 Å². The summed E-state index contributed by atoms with van der Waals surface area (Å²) in [6.07, 6.45) is 4.95. The van der Waals surface area contributed by atoms with Crippen LogP contribution in [0.1, 0.15) is 40.3 Å².